The third-order valence-corrected chi connectivity index (χ3v) is 7.64. The SMILES string of the molecule is Cc1ccc(NC(=O)Nc2cc(F)cc(CN3CCC(N(C)S(=O)(=O)N(C)C)CC3)c2)cn1. The molecule has 11 heteroatoms. The molecule has 0 bridgehead atoms. The Balaban J connectivity index is 1.57. The monoisotopic (exact) mass is 478 g/mol. The van der Waals surface area contributed by atoms with E-state index < -0.39 is 22.1 Å². The van der Waals surface area contributed by atoms with E-state index in [9.17, 15) is 17.6 Å². The average Bonchev–Trinajstić information content (AvgIpc) is 2.74. The predicted molar refractivity (Wildman–Crippen MR) is 127 cm³/mol. The number of rotatable bonds is 7. The zero-order valence-electron chi connectivity index (χ0n) is 19.4. The van der Waals surface area contributed by atoms with Gasteiger partial charge in [0.15, 0.2) is 0 Å². The van der Waals surface area contributed by atoms with Crippen LogP contribution in [0.3, 0.4) is 0 Å². The van der Waals surface area contributed by atoms with Gasteiger partial charge in [-0.15, -0.1) is 0 Å². The second-order valence-corrected chi connectivity index (χ2v) is 10.6. The number of aromatic nitrogens is 1. The van der Waals surface area contributed by atoms with Gasteiger partial charge in [0.05, 0.1) is 11.9 Å². The van der Waals surface area contributed by atoms with Crippen molar-refractivity contribution in [2.24, 2.45) is 0 Å². The summed E-state index contributed by atoms with van der Waals surface area (Å²) in [5, 5.41) is 5.33. The molecule has 33 heavy (non-hydrogen) atoms. The van der Waals surface area contributed by atoms with E-state index in [2.05, 4.69) is 20.5 Å². The Bertz CT molecular complexity index is 1070. The van der Waals surface area contributed by atoms with Gasteiger partial charge < -0.3 is 10.6 Å². The molecule has 0 unspecified atom stereocenters. The maximum atomic E-state index is 14.2. The van der Waals surface area contributed by atoms with Crippen LogP contribution in [0.25, 0.3) is 0 Å². The van der Waals surface area contributed by atoms with Crippen LogP contribution in [-0.2, 0) is 16.8 Å². The Kier molecular flexibility index (Phi) is 8.01. The van der Waals surface area contributed by atoms with Crippen LogP contribution >= 0.6 is 0 Å². The highest BCUT2D eigenvalue weighted by molar-refractivity contribution is 7.86. The lowest BCUT2D eigenvalue weighted by Gasteiger charge is -2.37. The minimum absolute atomic E-state index is 0.0710. The van der Waals surface area contributed by atoms with Crippen LogP contribution in [0.4, 0.5) is 20.6 Å². The van der Waals surface area contributed by atoms with E-state index in [1.807, 2.05) is 6.92 Å². The summed E-state index contributed by atoms with van der Waals surface area (Å²) < 4.78 is 41.5. The predicted octanol–water partition coefficient (Wildman–Crippen LogP) is 2.88. The summed E-state index contributed by atoms with van der Waals surface area (Å²) in [6.07, 6.45) is 2.94. The van der Waals surface area contributed by atoms with Gasteiger partial charge >= 0.3 is 6.03 Å². The number of pyridine rings is 1. The molecule has 1 aromatic heterocycles. The molecule has 0 saturated carbocycles. The topological polar surface area (TPSA) is 97.9 Å². The molecule has 1 aromatic carbocycles. The summed E-state index contributed by atoms with van der Waals surface area (Å²) >= 11 is 0. The van der Waals surface area contributed by atoms with Gasteiger partial charge in [0.1, 0.15) is 5.82 Å². The molecule has 0 radical (unpaired) electrons. The maximum absolute atomic E-state index is 14.2. The molecule has 2 N–H and O–H groups in total. The largest absolute Gasteiger partial charge is 0.323 e. The van der Waals surface area contributed by atoms with E-state index in [4.69, 9.17) is 0 Å². The molecular weight excluding hydrogens is 447 g/mol. The summed E-state index contributed by atoms with van der Waals surface area (Å²) in [6.45, 7) is 3.74. The van der Waals surface area contributed by atoms with Crippen LogP contribution in [0.5, 0.6) is 0 Å². The fourth-order valence-corrected chi connectivity index (χ4v) is 4.90. The van der Waals surface area contributed by atoms with E-state index in [1.165, 1.54) is 34.8 Å². The van der Waals surface area contributed by atoms with E-state index in [-0.39, 0.29) is 6.04 Å². The number of hydrogen-bond donors (Lipinski definition) is 2. The van der Waals surface area contributed by atoms with Crippen molar-refractivity contribution in [1.29, 1.82) is 0 Å². The number of likely N-dealkylation sites (tertiary alicyclic amines) is 1. The number of carbonyl (C=O) groups excluding carboxylic acids is 1. The van der Waals surface area contributed by atoms with Crippen molar-refractivity contribution in [3.8, 4) is 0 Å². The quantitative estimate of drug-likeness (QED) is 0.638. The second kappa shape index (κ2) is 10.6. The molecule has 2 aromatic rings. The fourth-order valence-electron chi connectivity index (χ4n) is 3.79. The van der Waals surface area contributed by atoms with Crippen molar-refractivity contribution >= 4 is 27.6 Å². The molecule has 2 amide bonds. The van der Waals surface area contributed by atoms with Crippen molar-refractivity contribution in [3.05, 3.63) is 53.6 Å². The molecule has 3 rings (SSSR count). The Morgan fingerprint density at radius 1 is 1.12 bits per heavy atom. The first-order valence-electron chi connectivity index (χ1n) is 10.7. The minimum atomic E-state index is -3.45. The highest BCUT2D eigenvalue weighted by Gasteiger charge is 2.31. The summed E-state index contributed by atoms with van der Waals surface area (Å²) in [4.78, 5) is 18.5. The Hall–Kier alpha value is -2.60. The third kappa shape index (κ3) is 6.70. The molecule has 1 aliphatic rings. The molecule has 1 saturated heterocycles. The lowest BCUT2D eigenvalue weighted by molar-refractivity contribution is 0.161. The molecule has 9 nitrogen and oxygen atoms in total. The van der Waals surface area contributed by atoms with Crippen LogP contribution in [0.15, 0.2) is 36.5 Å². The van der Waals surface area contributed by atoms with Crippen LogP contribution in [-0.4, -0.2) is 73.2 Å². The van der Waals surface area contributed by atoms with Gasteiger partial charge in [0.2, 0.25) is 0 Å². The molecule has 1 fully saturated rings. The Labute approximate surface area is 194 Å². The summed E-state index contributed by atoms with van der Waals surface area (Å²) in [5.74, 6) is -0.438. The highest BCUT2D eigenvalue weighted by Crippen LogP contribution is 2.22. The van der Waals surface area contributed by atoms with E-state index in [1.54, 1.807) is 31.4 Å². The van der Waals surface area contributed by atoms with Gasteiger partial charge in [0, 0.05) is 58.2 Å². The zero-order valence-corrected chi connectivity index (χ0v) is 20.2. The molecule has 0 aliphatic carbocycles. The number of aryl methyl sites for hydroxylation is 1. The van der Waals surface area contributed by atoms with Crippen LogP contribution in [0, 0.1) is 12.7 Å². The first-order chi connectivity index (χ1) is 15.5. The van der Waals surface area contributed by atoms with Crippen LogP contribution < -0.4 is 10.6 Å². The van der Waals surface area contributed by atoms with Gasteiger partial charge in [-0.1, -0.05) is 0 Å². The van der Waals surface area contributed by atoms with Crippen molar-refractivity contribution in [1.82, 2.24) is 18.5 Å². The number of amides is 2. The number of hydrogen-bond acceptors (Lipinski definition) is 5. The van der Waals surface area contributed by atoms with Crippen LogP contribution in [0.2, 0.25) is 0 Å². The van der Waals surface area contributed by atoms with E-state index >= 15 is 0 Å². The molecular formula is C22H31FN6O3S. The number of urea groups is 1. The smallest absolute Gasteiger partial charge is 0.308 e. The highest BCUT2D eigenvalue weighted by atomic mass is 32.2. The van der Waals surface area contributed by atoms with Gasteiger partial charge in [-0.2, -0.15) is 17.0 Å². The van der Waals surface area contributed by atoms with Gasteiger partial charge in [0.25, 0.3) is 10.2 Å². The number of nitrogens with zero attached hydrogens (tertiary/aromatic N) is 4. The van der Waals surface area contributed by atoms with Gasteiger partial charge in [-0.3, -0.25) is 9.88 Å². The Morgan fingerprint density at radius 3 is 2.39 bits per heavy atom. The van der Waals surface area contributed by atoms with Crippen molar-refractivity contribution in [2.45, 2.75) is 32.4 Å². The average molecular weight is 479 g/mol. The van der Waals surface area contributed by atoms with Crippen molar-refractivity contribution in [2.75, 3.05) is 44.9 Å². The normalized spacial score (nSPS) is 15.7. The van der Waals surface area contributed by atoms with Gasteiger partial charge in [-0.25, -0.2) is 9.18 Å². The second-order valence-electron chi connectivity index (χ2n) is 8.43. The van der Waals surface area contributed by atoms with Crippen molar-refractivity contribution in [3.63, 3.8) is 0 Å². The molecule has 2 heterocycles. The maximum Gasteiger partial charge on any atom is 0.323 e. The fraction of sp³-hybridized carbons (Fsp3) is 0.455. The van der Waals surface area contributed by atoms with E-state index in [0.29, 0.717) is 43.9 Å². The number of carbonyl (C=O) groups is 1. The number of piperidine rings is 1. The zero-order chi connectivity index (χ0) is 24.2. The molecule has 0 atom stereocenters. The summed E-state index contributed by atoms with van der Waals surface area (Å²) in [5.41, 5.74) is 2.47. The third-order valence-electron chi connectivity index (χ3n) is 5.69. The van der Waals surface area contributed by atoms with E-state index in [0.717, 1.165) is 11.3 Å². The van der Waals surface area contributed by atoms with Gasteiger partial charge in [-0.05, 0) is 55.7 Å². The lowest BCUT2D eigenvalue weighted by Crippen LogP contribution is -2.48. The lowest BCUT2D eigenvalue weighted by atomic mass is 10.0. The molecule has 0 spiro atoms. The molecule has 180 valence electrons. The molecule has 1 aliphatic heterocycles. The van der Waals surface area contributed by atoms with Crippen LogP contribution in [0.1, 0.15) is 24.1 Å². The number of nitrogens with one attached hydrogen (secondary N) is 2. The first kappa shape index (κ1) is 25.0. The minimum Gasteiger partial charge on any atom is -0.308 e. The Morgan fingerprint density at radius 2 is 1.79 bits per heavy atom. The summed E-state index contributed by atoms with van der Waals surface area (Å²) in [6, 6.07) is 7.42. The number of halogens is 1. The van der Waals surface area contributed by atoms with Crippen molar-refractivity contribution < 1.29 is 17.6 Å². The number of anilines is 2. The number of benzene rings is 1. The first-order valence-corrected chi connectivity index (χ1v) is 12.1. The standard InChI is InChI=1S/C22H31FN6O3S/c1-16-5-6-19(14-24-16)25-22(30)26-20-12-17(11-18(23)13-20)15-29-9-7-21(8-10-29)28(4)33(31,32)27(2)3/h5-6,11-14,21H,7-10,15H2,1-4H3,(H2,25,26,30). The summed E-state index contributed by atoms with van der Waals surface area (Å²) in [7, 11) is 1.20.